The highest BCUT2D eigenvalue weighted by atomic mass is 16.3. The summed E-state index contributed by atoms with van der Waals surface area (Å²) in [7, 11) is 2.18. The predicted octanol–water partition coefficient (Wildman–Crippen LogP) is 1.86. The Kier molecular flexibility index (Phi) is 8.90. The summed E-state index contributed by atoms with van der Waals surface area (Å²) < 4.78 is 0. The van der Waals surface area contributed by atoms with Crippen molar-refractivity contribution in [2.45, 2.75) is 52.0 Å². The van der Waals surface area contributed by atoms with Crippen LogP contribution >= 0.6 is 0 Å². The molecule has 0 radical (unpaired) electrons. The number of unbranched alkanes of at least 4 members (excludes halogenated alkanes) is 1. The largest absolute Gasteiger partial charge is 0.394 e. The normalized spacial score (nSPS) is 15.4. The maximum absolute atomic E-state index is 9.34. The van der Waals surface area contributed by atoms with Gasteiger partial charge in [0.05, 0.1) is 6.61 Å². The first-order valence-corrected chi connectivity index (χ1v) is 6.62. The van der Waals surface area contributed by atoms with Crippen LogP contribution in [0.2, 0.25) is 0 Å². The minimum Gasteiger partial charge on any atom is -0.394 e. The molecule has 2 N–H and O–H groups in total. The van der Waals surface area contributed by atoms with Crippen molar-refractivity contribution >= 4 is 0 Å². The van der Waals surface area contributed by atoms with E-state index in [1.807, 2.05) is 0 Å². The molecule has 16 heavy (non-hydrogen) atoms. The monoisotopic (exact) mass is 230 g/mol. The molecule has 0 aliphatic rings. The third-order valence-corrected chi connectivity index (χ3v) is 3.08. The highest BCUT2D eigenvalue weighted by molar-refractivity contribution is 4.81. The van der Waals surface area contributed by atoms with Gasteiger partial charge in [0, 0.05) is 5.54 Å². The van der Waals surface area contributed by atoms with E-state index in [0.29, 0.717) is 0 Å². The summed E-state index contributed by atoms with van der Waals surface area (Å²) in [5.41, 5.74) is -0.0852. The number of rotatable bonds is 10. The minimum absolute atomic E-state index is 0.0852. The molecule has 0 amide bonds. The van der Waals surface area contributed by atoms with Crippen LogP contribution in [0.25, 0.3) is 0 Å². The third kappa shape index (κ3) is 7.20. The van der Waals surface area contributed by atoms with Crippen LogP contribution in [-0.2, 0) is 0 Å². The molecule has 0 bridgehead atoms. The molecule has 3 heteroatoms. The molecule has 0 spiro atoms. The van der Waals surface area contributed by atoms with Crippen LogP contribution in [0.15, 0.2) is 0 Å². The van der Waals surface area contributed by atoms with Gasteiger partial charge in [0.1, 0.15) is 0 Å². The Balaban J connectivity index is 3.62. The summed E-state index contributed by atoms with van der Waals surface area (Å²) in [5, 5.41) is 12.7. The van der Waals surface area contributed by atoms with Gasteiger partial charge in [0.2, 0.25) is 0 Å². The van der Waals surface area contributed by atoms with Gasteiger partial charge in [-0.2, -0.15) is 0 Å². The van der Waals surface area contributed by atoms with E-state index in [-0.39, 0.29) is 12.1 Å². The topological polar surface area (TPSA) is 35.5 Å². The number of aliphatic hydroxyl groups excluding tert-OH is 1. The zero-order valence-corrected chi connectivity index (χ0v) is 11.6. The van der Waals surface area contributed by atoms with Crippen molar-refractivity contribution in [1.29, 1.82) is 0 Å². The summed E-state index contributed by atoms with van der Waals surface area (Å²) in [4.78, 5) is 2.38. The Bertz CT molecular complexity index is 164. The number of hydrogen-bond donors (Lipinski definition) is 2. The van der Waals surface area contributed by atoms with E-state index in [0.717, 1.165) is 13.0 Å². The van der Waals surface area contributed by atoms with Crippen LogP contribution in [0, 0.1) is 0 Å². The molecule has 0 aromatic rings. The van der Waals surface area contributed by atoms with Gasteiger partial charge < -0.3 is 15.3 Å². The lowest BCUT2D eigenvalue weighted by Crippen LogP contribution is -2.45. The smallest absolute Gasteiger partial charge is 0.0610 e. The highest BCUT2D eigenvalue weighted by Crippen LogP contribution is 2.13. The Labute approximate surface area is 101 Å². The molecular formula is C13H30N2O. The van der Waals surface area contributed by atoms with E-state index in [2.05, 4.69) is 38.0 Å². The lowest BCUT2D eigenvalue weighted by molar-refractivity contribution is 0.163. The second kappa shape index (κ2) is 8.97. The van der Waals surface area contributed by atoms with Crippen molar-refractivity contribution < 1.29 is 5.11 Å². The number of likely N-dealkylation sites (N-methyl/N-ethyl adjacent to an activating group) is 1. The standard InChI is InChI=1S/C13H30N2O/c1-5-10-15(4)11-8-7-9-13(3,12-16)14-6-2/h14,16H,5-12H2,1-4H3. The van der Waals surface area contributed by atoms with Gasteiger partial charge in [0.15, 0.2) is 0 Å². The van der Waals surface area contributed by atoms with Crippen LogP contribution in [0.5, 0.6) is 0 Å². The molecule has 0 aliphatic carbocycles. The SMILES string of the molecule is CCCN(C)CCCCC(C)(CO)NCC. The van der Waals surface area contributed by atoms with Gasteiger partial charge in [-0.3, -0.25) is 0 Å². The maximum Gasteiger partial charge on any atom is 0.0610 e. The third-order valence-electron chi connectivity index (χ3n) is 3.08. The Morgan fingerprint density at radius 1 is 1.19 bits per heavy atom. The van der Waals surface area contributed by atoms with E-state index >= 15 is 0 Å². The van der Waals surface area contributed by atoms with Gasteiger partial charge in [-0.1, -0.05) is 20.3 Å². The second-order valence-corrected chi connectivity index (χ2v) is 5.01. The second-order valence-electron chi connectivity index (χ2n) is 5.01. The highest BCUT2D eigenvalue weighted by Gasteiger charge is 2.20. The van der Waals surface area contributed by atoms with Crippen LogP contribution < -0.4 is 5.32 Å². The lowest BCUT2D eigenvalue weighted by Gasteiger charge is -2.28. The van der Waals surface area contributed by atoms with Gasteiger partial charge >= 0.3 is 0 Å². The van der Waals surface area contributed by atoms with Crippen molar-refractivity contribution in [2.75, 3.05) is 33.3 Å². The van der Waals surface area contributed by atoms with Gasteiger partial charge in [0.25, 0.3) is 0 Å². The van der Waals surface area contributed by atoms with Crippen molar-refractivity contribution in [3.8, 4) is 0 Å². The molecule has 1 unspecified atom stereocenters. The molecule has 0 heterocycles. The van der Waals surface area contributed by atoms with E-state index in [1.54, 1.807) is 0 Å². The summed E-state index contributed by atoms with van der Waals surface area (Å²) in [6, 6.07) is 0. The molecule has 0 rings (SSSR count). The molecule has 0 fully saturated rings. The average Bonchev–Trinajstić information content (AvgIpc) is 2.25. The van der Waals surface area contributed by atoms with Gasteiger partial charge in [-0.15, -0.1) is 0 Å². The molecule has 1 atom stereocenters. The molecule has 0 aliphatic heterocycles. The maximum atomic E-state index is 9.34. The summed E-state index contributed by atoms with van der Waals surface area (Å²) in [6.07, 6.45) is 4.68. The Morgan fingerprint density at radius 2 is 1.88 bits per heavy atom. The summed E-state index contributed by atoms with van der Waals surface area (Å²) in [5.74, 6) is 0. The zero-order valence-electron chi connectivity index (χ0n) is 11.6. The first kappa shape index (κ1) is 15.9. The van der Waals surface area contributed by atoms with Crippen molar-refractivity contribution in [3.63, 3.8) is 0 Å². The fraction of sp³-hybridized carbons (Fsp3) is 1.00. The zero-order chi connectivity index (χ0) is 12.4. The van der Waals surface area contributed by atoms with E-state index in [9.17, 15) is 5.11 Å². The first-order valence-electron chi connectivity index (χ1n) is 6.62. The van der Waals surface area contributed by atoms with Gasteiger partial charge in [-0.05, 0) is 52.9 Å². The molecule has 0 saturated heterocycles. The molecule has 0 aromatic carbocycles. The number of nitrogens with zero attached hydrogens (tertiary/aromatic N) is 1. The molecule has 0 aromatic heterocycles. The van der Waals surface area contributed by atoms with Crippen molar-refractivity contribution in [3.05, 3.63) is 0 Å². The van der Waals surface area contributed by atoms with E-state index in [4.69, 9.17) is 0 Å². The summed E-state index contributed by atoms with van der Waals surface area (Å²) >= 11 is 0. The number of hydrogen-bond acceptors (Lipinski definition) is 3. The van der Waals surface area contributed by atoms with Crippen molar-refractivity contribution in [1.82, 2.24) is 10.2 Å². The van der Waals surface area contributed by atoms with Crippen molar-refractivity contribution in [2.24, 2.45) is 0 Å². The Hall–Kier alpha value is -0.120. The van der Waals surface area contributed by atoms with Crippen LogP contribution in [0.3, 0.4) is 0 Å². The van der Waals surface area contributed by atoms with Crippen LogP contribution in [-0.4, -0.2) is 48.8 Å². The number of nitrogens with one attached hydrogen (secondary N) is 1. The lowest BCUT2D eigenvalue weighted by atomic mass is 9.95. The Morgan fingerprint density at radius 3 is 2.38 bits per heavy atom. The van der Waals surface area contributed by atoms with E-state index < -0.39 is 0 Å². The van der Waals surface area contributed by atoms with E-state index in [1.165, 1.54) is 32.4 Å². The predicted molar refractivity (Wildman–Crippen MR) is 70.8 cm³/mol. The molecule has 98 valence electrons. The molecule has 3 nitrogen and oxygen atoms in total. The number of aliphatic hydroxyl groups is 1. The fourth-order valence-electron chi connectivity index (χ4n) is 2.04. The molecule has 0 saturated carbocycles. The molecular weight excluding hydrogens is 200 g/mol. The van der Waals surface area contributed by atoms with Crippen LogP contribution in [0.1, 0.15) is 46.5 Å². The van der Waals surface area contributed by atoms with Gasteiger partial charge in [-0.25, -0.2) is 0 Å². The fourth-order valence-corrected chi connectivity index (χ4v) is 2.04. The minimum atomic E-state index is -0.0852. The van der Waals surface area contributed by atoms with Crippen LogP contribution in [0.4, 0.5) is 0 Å². The quantitative estimate of drug-likeness (QED) is 0.562. The average molecular weight is 230 g/mol. The summed E-state index contributed by atoms with van der Waals surface area (Å²) in [6.45, 7) is 9.91. The first-order chi connectivity index (χ1) is 7.58.